The highest BCUT2D eigenvalue weighted by Gasteiger charge is 2.28. The van der Waals surface area contributed by atoms with E-state index in [9.17, 15) is 44.1 Å². The molecule has 272 valence electrons. The second kappa shape index (κ2) is 16.4. The minimum Gasteiger partial charge on any atom is -0.503 e. The fraction of sp³-hybridized carbons (Fsp3) is 0.486. The van der Waals surface area contributed by atoms with Crippen molar-refractivity contribution >= 4 is 17.7 Å². The molecule has 3 aromatic rings. The van der Waals surface area contributed by atoms with Gasteiger partial charge in [-0.15, -0.1) is 0 Å². The third-order valence-corrected chi connectivity index (χ3v) is 9.57. The van der Waals surface area contributed by atoms with E-state index in [4.69, 9.17) is 0 Å². The van der Waals surface area contributed by atoms with E-state index in [2.05, 4.69) is 16.0 Å². The smallest absolute Gasteiger partial charge is 0.223 e. The average Bonchev–Trinajstić information content (AvgIpc) is 3.06. The van der Waals surface area contributed by atoms with Gasteiger partial charge in [-0.2, -0.15) is 0 Å². The van der Waals surface area contributed by atoms with Crippen LogP contribution in [0.1, 0.15) is 79.6 Å². The molecule has 0 atom stereocenters. The molecule has 6 N–H and O–H groups in total. The maximum Gasteiger partial charge on any atom is 0.223 e. The van der Waals surface area contributed by atoms with E-state index in [1.165, 1.54) is 18.2 Å². The zero-order valence-corrected chi connectivity index (χ0v) is 29.7. The van der Waals surface area contributed by atoms with E-state index in [1.54, 1.807) is 55.6 Å². The normalized spacial score (nSPS) is 11.3. The van der Waals surface area contributed by atoms with Crippen LogP contribution in [0.5, 0.6) is 17.2 Å². The number of hydrogen-bond donors (Lipinski definition) is 6. The second-order valence-electron chi connectivity index (χ2n) is 13.2. The number of nitrogens with one attached hydrogen (secondary N) is 3. The number of nitrogens with zero attached hydrogens (tertiary/aromatic N) is 3. The van der Waals surface area contributed by atoms with Crippen molar-refractivity contribution in [2.45, 2.75) is 85.9 Å². The quantitative estimate of drug-likeness (QED) is 0.135. The molecule has 50 heavy (non-hydrogen) atoms. The van der Waals surface area contributed by atoms with Crippen molar-refractivity contribution in [3.63, 3.8) is 0 Å². The monoisotopic (exact) mass is 696 g/mol. The summed E-state index contributed by atoms with van der Waals surface area (Å²) >= 11 is 0. The van der Waals surface area contributed by atoms with E-state index >= 15 is 0 Å². The van der Waals surface area contributed by atoms with E-state index in [-0.39, 0.29) is 73.7 Å². The van der Waals surface area contributed by atoms with Crippen molar-refractivity contribution in [3.05, 3.63) is 83.0 Å². The number of carbonyl (C=O) groups is 3. The van der Waals surface area contributed by atoms with Gasteiger partial charge in [-0.1, -0.05) is 6.92 Å². The number of aryl methyl sites for hydroxylation is 3. The Morgan fingerprint density at radius 1 is 0.560 bits per heavy atom. The summed E-state index contributed by atoms with van der Waals surface area (Å²) in [6.07, 6.45) is 0.950. The molecule has 0 aromatic carbocycles. The lowest BCUT2D eigenvalue weighted by Crippen LogP contribution is -2.31. The lowest BCUT2D eigenvalue weighted by atomic mass is 9.77. The first-order valence-corrected chi connectivity index (χ1v) is 16.3. The van der Waals surface area contributed by atoms with Crippen LogP contribution in [0.2, 0.25) is 0 Å². The molecule has 0 radical (unpaired) electrons. The summed E-state index contributed by atoms with van der Waals surface area (Å²) in [7, 11) is 5.01. The minimum atomic E-state index is -0.680. The molecule has 0 aliphatic carbocycles. The molecule has 0 spiro atoms. The molecule has 3 amide bonds. The average molecular weight is 697 g/mol. The van der Waals surface area contributed by atoms with E-state index in [0.29, 0.717) is 36.3 Å². The Bertz CT molecular complexity index is 1740. The maximum absolute atomic E-state index is 12.9. The number of rotatable bonds is 15. The van der Waals surface area contributed by atoms with Crippen LogP contribution < -0.4 is 32.2 Å². The molecule has 0 saturated heterocycles. The van der Waals surface area contributed by atoms with Gasteiger partial charge in [-0.25, -0.2) is 0 Å². The number of hydrogen-bond acceptors (Lipinski definition) is 9. The Hall–Kier alpha value is -5.34. The molecular weight excluding hydrogens is 648 g/mol. The van der Waals surface area contributed by atoms with Crippen LogP contribution in [0.15, 0.2) is 32.6 Å². The van der Waals surface area contributed by atoms with Gasteiger partial charge in [-0.3, -0.25) is 28.8 Å². The number of aromatic nitrogens is 3. The van der Waals surface area contributed by atoms with Crippen molar-refractivity contribution in [1.29, 1.82) is 0 Å². The lowest BCUT2D eigenvalue weighted by molar-refractivity contribution is -0.122. The third kappa shape index (κ3) is 9.64. The van der Waals surface area contributed by atoms with E-state index in [0.717, 1.165) is 0 Å². The van der Waals surface area contributed by atoms with Gasteiger partial charge in [0.1, 0.15) is 0 Å². The Morgan fingerprint density at radius 2 is 0.800 bits per heavy atom. The van der Waals surface area contributed by atoms with Crippen LogP contribution in [0.3, 0.4) is 0 Å². The zero-order valence-electron chi connectivity index (χ0n) is 29.7. The van der Waals surface area contributed by atoms with Crippen molar-refractivity contribution in [3.8, 4) is 17.2 Å². The predicted octanol–water partition coefficient (Wildman–Crippen LogP) is 1.42. The molecule has 0 unspecified atom stereocenters. The zero-order chi connectivity index (χ0) is 37.5. The van der Waals surface area contributed by atoms with Crippen LogP contribution in [0.4, 0.5) is 0 Å². The largest absolute Gasteiger partial charge is 0.503 e. The Labute approximate surface area is 289 Å². The van der Waals surface area contributed by atoms with Gasteiger partial charge >= 0.3 is 0 Å². The molecule has 3 rings (SSSR count). The number of aromatic hydroxyl groups is 3. The van der Waals surface area contributed by atoms with Crippen molar-refractivity contribution in [1.82, 2.24) is 29.7 Å². The molecule has 0 fully saturated rings. The van der Waals surface area contributed by atoms with Crippen LogP contribution in [0, 0.1) is 26.2 Å². The first-order chi connectivity index (χ1) is 23.3. The number of pyridine rings is 3. The molecule has 0 aliphatic heterocycles. The highest BCUT2D eigenvalue weighted by molar-refractivity contribution is 5.77. The fourth-order valence-corrected chi connectivity index (χ4v) is 5.65. The van der Waals surface area contributed by atoms with Crippen LogP contribution in [-0.4, -0.2) is 46.7 Å². The van der Waals surface area contributed by atoms with Gasteiger partial charge in [0.05, 0.1) is 36.7 Å². The summed E-state index contributed by atoms with van der Waals surface area (Å²) < 4.78 is 4.84. The Kier molecular flexibility index (Phi) is 12.8. The lowest BCUT2D eigenvalue weighted by Gasteiger charge is -2.29. The highest BCUT2D eigenvalue weighted by Crippen LogP contribution is 2.34. The maximum atomic E-state index is 12.9. The van der Waals surface area contributed by atoms with Gasteiger partial charge in [-0.05, 0) is 45.4 Å². The van der Waals surface area contributed by atoms with Crippen LogP contribution in [-0.2, 0) is 55.2 Å². The van der Waals surface area contributed by atoms with E-state index < -0.39 is 38.9 Å². The van der Waals surface area contributed by atoms with Gasteiger partial charge < -0.3 is 45.0 Å². The first kappa shape index (κ1) is 39.1. The second-order valence-corrected chi connectivity index (χ2v) is 13.2. The SMILES string of the molecule is Cc1cc(=O)c(O)c(CNC(=O)CCC(C)(CCC(=O)NCc2c(O)c(=O)cc(C)n2C)CCC(=O)NCc2c(O)c(=O)cc(C)n2C)n1C. The highest BCUT2D eigenvalue weighted by atomic mass is 16.3. The van der Waals surface area contributed by atoms with E-state index in [1.807, 2.05) is 6.92 Å². The molecule has 3 aromatic heterocycles. The minimum absolute atomic E-state index is 0.0266. The van der Waals surface area contributed by atoms with Gasteiger partial charge in [0.15, 0.2) is 17.2 Å². The fourth-order valence-electron chi connectivity index (χ4n) is 5.65. The summed E-state index contributed by atoms with van der Waals surface area (Å²) in [6, 6.07) is 3.90. The molecule has 3 heterocycles. The summed E-state index contributed by atoms with van der Waals surface area (Å²) in [6.45, 7) is 6.74. The molecule has 0 bridgehead atoms. The topological polar surface area (TPSA) is 214 Å². The Morgan fingerprint density at radius 3 is 1.04 bits per heavy atom. The van der Waals surface area contributed by atoms with Gasteiger partial charge in [0.2, 0.25) is 34.0 Å². The molecule has 15 heteroatoms. The molecule has 0 saturated carbocycles. The van der Waals surface area contributed by atoms with Crippen LogP contribution >= 0.6 is 0 Å². The van der Waals surface area contributed by atoms with Gasteiger partial charge in [0, 0.05) is 75.7 Å². The molecular formula is C35H48N6O9. The molecule has 0 aliphatic rings. The summed E-state index contributed by atoms with van der Waals surface area (Å²) in [5.74, 6) is -2.41. The first-order valence-electron chi connectivity index (χ1n) is 16.3. The van der Waals surface area contributed by atoms with Crippen molar-refractivity contribution in [2.75, 3.05) is 0 Å². The summed E-state index contributed by atoms with van der Waals surface area (Å²) in [5, 5.41) is 38.9. The van der Waals surface area contributed by atoms with Gasteiger partial charge in [0.25, 0.3) is 0 Å². The van der Waals surface area contributed by atoms with Crippen molar-refractivity contribution in [2.24, 2.45) is 26.6 Å². The standard InChI is InChI=1S/C35H48N6O9/c1-20-14-26(42)32(48)23(39(20)5)17-36-29(45)8-11-35(4,12-9-30(46)37-18-24-33(49)27(43)15-21(2)40(24)6)13-10-31(47)38-19-25-34(50)28(44)16-22(3)41(25)7/h14-16,48-50H,8-13,17-19H2,1-7H3,(H,36,45)(H,37,46)(H,38,47). The number of carbonyl (C=O) groups excluding carboxylic acids is 3. The Balaban J connectivity index is 1.68. The van der Waals surface area contributed by atoms with Crippen LogP contribution in [0.25, 0.3) is 0 Å². The molecule has 15 nitrogen and oxygen atoms in total. The predicted molar refractivity (Wildman–Crippen MR) is 186 cm³/mol. The number of amides is 3. The summed E-state index contributed by atoms with van der Waals surface area (Å²) in [4.78, 5) is 75.0. The summed E-state index contributed by atoms with van der Waals surface area (Å²) in [5.41, 5.74) is 0.288. The third-order valence-electron chi connectivity index (χ3n) is 9.57. The van der Waals surface area contributed by atoms with Crippen molar-refractivity contribution < 1.29 is 29.7 Å².